The summed E-state index contributed by atoms with van der Waals surface area (Å²) in [4.78, 5) is 0. The lowest BCUT2D eigenvalue weighted by Crippen LogP contribution is -2.27. The van der Waals surface area contributed by atoms with Crippen molar-refractivity contribution in [3.63, 3.8) is 0 Å². The van der Waals surface area contributed by atoms with Crippen molar-refractivity contribution in [3.05, 3.63) is 28.8 Å². The van der Waals surface area contributed by atoms with Crippen LogP contribution >= 0.6 is 0 Å². The van der Waals surface area contributed by atoms with Gasteiger partial charge in [-0.25, -0.2) is 0 Å². The van der Waals surface area contributed by atoms with E-state index in [4.69, 9.17) is 4.74 Å². The molecule has 2 rings (SSSR count). The van der Waals surface area contributed by atoms with Gasteiger partial charge in [0.15, 0.2) is 0 Å². The van der Waals surface area contributed by atoms with E-state index in [1.165, 1.54) is 24.0 Å². The summed E-state index contributed by atoms with van der Waals surface area (Å²) >= 11 is 0. The highest BCUT2D eigenvalue weighted by Crippen LogP contribution is 2.32. The van der Waals surface area contributed by atoms with Crippen molar-refractivity contribution in [2.75, 3.05) is 20.2 Å². The second-order valence-corrected chi connectivity index (χ2v) is 4.70. The lowest BCUT2D eigenvalue weighted by Gasteiger charge is -2.26. The van der Waals surface area contributed by atoms with Gasteiger partial charge in [-0.2, -0.15) is 0 Å². The first-order valence-corrected chi connectivity index (χ1v) is 6.08. The van der Waals surface area contributed by atoms with E-state index >= 15 is 0 Å². The Hall–Kier alpha value is -1.02. The van der Waals surface area contributed by atoms with E-state index in [1.54, 1.807) is 12.7 Å². The molecule has 0 unspecified atom stereocenters. The topological polar surface area (TPSA) is 21.3 Å². The normalized spacial score (nSPS) is 17.4. The van der Waals surface area contributed by atoms with Crippen LogP contribution in [-0.2, 0) is 0 Å². The Morgan fingerprint density at radius 3 is 2.19 bits per heavy atom. The van der Waals surface area contributed by atoms with E-state index in [2.05, 4.69) is 31.3 Å². The lowest BCUT2D eigenvalue weighted by atomic mass is 9.84. The molecule has 0 aliphatic carbocycles. The average Bonchev–Trinajstić information content (AvgIpc) is 2.29. The number of nitrogens with one attached hydrogen (secondary N) is 1. The second-order valence-electron chi connectivity index (χ2n) is 4.70. The van der Waals surface area contributed by atoms with Gasteiger partial charge >= 0.3 is 0 Å². The molecule has 1 aromatic rings. The Morgan fingerprint density at radius 1 is 1.12 bits per heavy atom. The van der Waals surface area contributed by atoms with Crippen molar-refractivity contribution < 1.29 is 4.74 Å². The molecule has 0 spiro atoms. The average molecular weight is 219 g/mol. The summed E-state index contributed by atoms with van der Waals surface area (Å²) in [6, 6.07) is 4.31. The van der Waals surface area contributed by atoms with Crippen molar-refractivity contribution in [1.29, 1.82) is 0 Å². The zero-order chi connectivity index (χ0) is 11.5. The van der Waals surface area contributed by atoms with Crippen molar-refractivity contribution >= 4 is 0 Å². The third-order valence-corrected chi connectivity index (χ3v) is 3.55. The monoisotopic (exact) mass is 219 g/mol. The smallest absolute Gasteiger partial charge is 0.119 e. The Labute approximate surface area is 98.0 Å². The maximum atomic E-state index is 5.31. The van der Waals surface area contributed by atoms with E-state index < -0.39 is 0 Å². The fraction of sp³-hybridized carbons (Fsp3) is 0.571. The first-order chi connectivity index (χ1) is 7.72. The number of benzene rings is 1. The molecule has 1 saturated heterocycles. The zero-order valence-electron chi connectivity index (χ0n) is 10.5. The second kappa shape index (κ2) is 4.88. The van der Waals surface area contributed by atoms with Gasteiger partial charge in [0.25, 0.3) is 0 Å². The van der Waals surface area contributed by atoms with Crippen LogP contribution in [0.1, 0.15) is 35.4 Å². The summed E-state index contributed by atoms with van der Waals surface area (Å²) in [6.45, 7) is 6.70. The summed E-state index contributed by atoms with van der Waals surface area (Å²) in [5.74, 6) is 1.71. The number of rotatable bonds is 2. The molecule has 1 aliphatic rings. The van der Waals surface area contributed by atoms with E-state index in [0.717, 1.165) is 24.8 Å². The zero-order valence-corrected chi connectivity index (χ0v) is 10.5. The van der Waals surface area contributed by atoms with Crippen LogP contribution in [0.25, 0.3) is 0 Å². The van der Waals surface area contributed by atoms with Crippen LogP contribution in [0.3, 0.4) is 0 Å². The van der Waals surface area contributed by atoms with E-state index in [0.29, 0.717) is 0 Å². The Balaban J connectivity index is 2.32. The summed E-state index contributed by atoms with van der Waals surface area (Å²) in [6.07, 6.45) is 2.52. The third kappa shape index (κ3) is 2.22. The van der Waals surface area contributed by atoms with Crippen molar-refractivity contribution in [2.24, 2.45) is 0 Å². The molecule has 2 nitrogen and oxygen atoms in total. The van der Waals surface area contributed by atoms with Gasteiger partial charge in [0.2, 0.25) is 0 Å². The molecule has 1 heterocycles. The standard InChI is InChI=1S/C14H21NO/c1-10-8-13(16-3)9-11(2)14(10)12-4-6-15-7-5-12/h8-9,12,15H,4-7H2,1-3H3. The molecule has 0 aromatic heterocycles. The molecule has 0 radical (unpaired) electrons. The molecule has 16 heavy (non-hydrogen) atoms. The summed E-state index contributed by atoms with van der Waals surface area (Å²) in [7, 11) is 1.73. The van der Waals surface area contributed by atoms with Gasteiger partial charge in [-0.1, -0.05) is 0 Å². The van der Waals surface area contributed by atoms with Gasteiger partial charge in [0.05, 0.1) is 7.11 Å². The van der Waals surface area contributed by atoms with Crippen molar-refractivity contribution in [3.8, 4) is 5.75 Å². The number of hydrogen-bond donors (Lipinski definition) is 1. The summed E-state index contributed by atoms with van der Waals surface area (Å²) in [5, 5.41) is 3.42. The first kappa shape index (κ1) is 11.5. The van der Waals surface area contributed by atoms with E-state index in [1.807, 2.05) is 0 Å². The Morgan fingerprint density at radius 2 is 1.69 bits per heavy atom. The molecule has 0 amide bonds. The van der Waals surface area contributed by atoms with Crippen LogP contribution < -0.4 is 10.1 Å². The maximum absolute atomic E-state index is 5.31. The lowest BCUT2D eigenvalue weighted by molar-refractivity contribution is 0.412. The van der Waals surface area contributed by atoms with Crippen molar-refractivity contribution in [1.82, 2.24) is 5.32 Å². The Kier molecular flexibility index (Phi) is 3.49. The molecule has 1 N–H and O–H groups in total. The molecule has 88 valence electrons. The highest BCUT2D eigenvalue weighted by atomic mass is 16.5. The number of hydrogen-bond acceptors (Lipinski definition) is 2. The highest BCUT2D eigenvalue weighted by Gasteiger charge is 2.19. The first-order valence-electron chi connectivity index (χ1n) is 6.08. The van der Waals surface area contributed by atoms with E-state index in [9.17, 15) is 0 Å². The van der Waals surface area contributed by atoms with Crippen LogP contribution in [0.4, 0.5) is 0 Å². The number of piperidine rings is 1. The minimum atomic E-state index is 0.729. The fourth-order valence-electron chi connectivity index (χ4n) is 2.81. The number of ether oxygens (including phenoxy) is 1. The van der Waals surface area contributed by atoms with Gasteiger partial charge < -0.3 is 10.1 Å². The molecule has 1 fully saturated rings. The largest absolute Gasteiger partial charge is 0.497 e. The van der Waals surface area contributed by atoms with Gasteiger partial charge in [0, 0.05) is 0 Å². The SMILES string of the molecule is COc1cc(C)c(C2CCNCC2)c(C)c1. The van der Waals surface area contributed by atoms with Gasteiger partial charge in [-0.15, -0.1) is 0 Å². The predicted molar refractivity (Wildman–Crippen MR) is 67.3 cm³/mol. The van der Waals surface area contributed by atoms with Crippen LogP contribution in [0.2, 0.25) is 0 Å². The molecular formula is C14H21NO. The van der Waals surface area contributed by atoms with Crippen molar-refractivity contribution in [2.45, 2.75) is 32.6 Å². The van der Waals surface area contributed by atoms with Crippen LogP contribution in [-0.4, -0.2) is 20.2 Å². The molecule has 0 atom stereocenters. The fourth-order valence-corrected chi connectivity index (χ4v) is 2.81. The molecule has 1 aromatic carbocycles. The molecule has 2 heteroatoms. The van der Waals surface area contributed by atoms with Gasteiger partial charge in [-0.05, 0) is 74.5 Å². The summed E-state index contributed by atoms with van der Waals surface area (Å²) < 4.78 is 5.31. The minimum Gasteiger partial charge on any atom is -0.497 e. The highest BCUT2D eigenvalue weighted by molar-refractivity contribution is 5.43. The van der Waals surface area contributed by atoms with E-state index in [-0.39, 0.29) is 0 Å². The quantitative estimate of drug-likeness (QED) is 0.826. The predicted octanol–water partition coefficient (Wildman–Crippen LogP) is 2.78. The van der Waals surface area contributed by atoms with Gasteiger partial charge in [-0.3, -0.25) is 0 Å². The molecule has 0 saturated carbocycles. The maximum Gasteiger partial charge on any atom is 0.119 e. The molecular weight excluding hydrogens is 198 g/mol. The number of aryl methyl sites for hydroxylation is 2. The molecule has 0 bridgehead atoms. The van der Waals surface area contributed by atoms with Crippen LogP contribution in [0, 0.1) is 13.8 Å². The van der Waals surface area contributed by atoms with Crippen LogP contribution in [0.15, 0.2) is 12.1 Å². The molecule has 1 aliphatic heterocycles. The van der Waals surface area contributed by atoms with Gasteiger partial charge in [0.1, 0.15) is 5.75 Å². The third-order valence-electron chi connectivity index (χ3n) is 3.55. The number of methoxy groups -OCH3 is 1. The van der Waals surface area contributed by atoms with Crippen LogP contribution in [0.5, 0.6) is 5.75 Å². The Bertz CT molecular complexity index is 344. The summed E-state index contributed by atoms with van der Waals surface area (Å²) in [5.41, 5.74) is 4.30. The minimum absolute atomic E-state index is 0.729.